The van der Waals surface area contributed by atoms with Gasteiger partial charge in [0.05, 0.1) is 11.8 Å². The van der Waals surface area contributed by atoms with E-state index in [1.165, 1.54) is 0 Å². The zero-order valence-electron chi connectivity index (χ0n) is 17.5. The molecule has 0 bridgehead atoms. The van der Waals surface area contributed by atoms with Crippen molar-refractivity contribution in [2.24, 2.45) is 0 Å². The Bertz CT molecular complexity index is 1190. The molecule has 0 saturated heterocycles. The number of carboxylic acid groups (broad SMARTS) is 1. The monoisotopic (exact) mass is 426 g/mol. The van der Waals surface area contributed by atoms with Gasteiger partial charge >= 0.3 is 11.9 Å². The van der Waals surface area contributed by atoms with Crippen LogP contribution < -0.4 is 5.32 Å². The van der Waals surface area contributed by atoms with Crippen molar-refractivity contribution < 1.29 is 29.3 Å². The molecule has 1 amide bonds. The zero-order valence-corrected chi connectivity index (χ0v) is 17.5. The number of hydrogen-bond donors (Lipinski definition) is 3. The molecule has 0 spiro atoms. The van der Waals surface area contributed by atoms with Gasteiger partial charge in [0.2, 0.25) is 11.7 Å². The van der Waals surface area contributed by atoms with E-state index in [0.29, 0.717) is 11.1 Å². The van der Waals surface area contributed by atoms with Crippen molar-refractivity contribution in [1.82, 2.24) is 19.7 Å². The first-order valence-corrected chi connectivity index (χ1v) is 9.38. The SMILES string of the molecule is Cc1cc(CNC(=O)c2cc(C(=O)O)n3cc(O)nc3n2)ccc1C(=O)OC(C)(C)C. The van der Waals surface area contributed by atoms with Crippen LogP contribution >= 0.6 is 0 Å². The van der Waals surface area contributed by atoms with Crippen LogP contribution in [0, 0.1) is 6.92 Å². The molecule has 0 aliphatic rings. The van der Waals surface area contributed by atoms with E-state index < -0.39 is 29.3 Å². The Labute approximate surface area is 177 Å². The van der Waals surface area contributed by atoms with Crippen molar-refractivity contribution >= 4 is 23.6 Å². The molecule has 0 aliphatic carbocycles. The number of hydrogen-bond acceptors (Lipinski definition) is 7. The second-order valence-corrected chi connectivity index (χ2v) is 7.93. The maximum Gasteiger partial charge on any atom is 0.353 e. The highest BCUT2D eigenvalue weighted by Gasteiger charge is 2.20. The molecule has 0 aliphatic heterocycles. The fraction of sp³-hybridized carbons (Fsp3) is 0.286. The number of benzene rings is 1. The van der Waals surface area contributed by atoms with Crippen LogP contribution in [0.15, 0.2) is 30.5 Å². The van der Waals surface area contributed by atoms with E-state index in [9.17, 15) is 24.6 Å². The Morgan fingerprint density at radius 1 is 1.16 bits per heavy atom. The van der Waals surface area contributed by atoms with Crippen molar-refractivity contribution in [1.29, 1.82) is 0 Å². The number of rotatable bonds is 5. The molecular weight excluding hydrogens is 404 g/mol. The van der Waals surface area contributed by atoms with Gasteiger partial charge in [-0.1, -0.05) is 12.1 Å². The third-order valence-corrected chi connectivity index (χ3v) is 4.24. The number of amides is 1. The first kappa shape index (κ1) is 21.8. The summed E-state index contributed by atoms with van der Waals surface area (Å²) in [5.41, 5.74) is 0.836. The molecule has 3 rings (SSSR count). The minimum atomic E-state index is -1.30. The van der Waals surface area contributed by atoms with E-state index in [-0.39, 0.29) is 23.7 Å². The number of carbonyl (C=O) groups excluding carboxylic acids is 2. The summed E-state index contributed by atoms with van der Waals surface area (Å²) in [6.45, 7) is 7.26. The van der Waals surface area contributed by atoms with Gasteiger partial charge in [0.15, 0.2) is 0 Å². The van der Waals surface area contributed by atoms with Crippen LogP contribution in [0.25, 0.3) is 5.78 Å². The number of carboxylic acids is 1. The van der Waals surface area contributed by atoms with Crippen LogP contribution in [-0.2, 0) is 11.3 Å². The highest BCUT2D eigenvalue weighted by atomic mass is 16.6. The van der Waals surface area contributed by atoms with Gasteiger partial charge in [-0.2, -0.15) is 4.98 Å². The van der Waals surface area contributed by atoms with E-state index in [4.69, 9.17) is 4.74 Å². The molecule has 3 aromatic rings. The summed E-state index contributed by atoms with van der Waals surface area (Å²) in [4.78, 5) is 43.9. The Balaban J connectivity index is 1.76. The molecule has 0 fully saturated rings. The van der Waals surface area contributed by atoms with Crippen LogP contribution in [0.3, 0.4) is 0 Å². The Morgan fingerprint density at radius 3 is 2.48 bits per heavy atom. The van der Waals surface area contributed by atoms with Gasteiger partial charge < -0.3 is 20.3 Å². The zero-order chi connectivity index (χ0) is 22.9. The number of ether oxygens (including phenoxy) is 1. The van der Waals surface area contributed by atoms with Gasteiger partial charge in [-0.05, 0) is 44.9 Å². The van der Waals surface area contributed by atoms with E-state index in [2.05, 4.69) is 15.3 Å². The van der Waals surface area contributed by atoms with Crippen LogP contribution in [-0.4, -0.2) is 48.0 Å². The third-order valence-electron chi connectivity index (χ3n) is 4.24. The van der Waals surface area contributed by atoms with Crippen LogP contribution in [0.4, 0.5) is 0 Å². The number of nitrogens with zero attached hydrogens (tertiary/aromatic N) is 3. The highest BCUT2D eigenvalue weighted by molar-refractivity contribution is 5.96. The predicted molar refractivity (Wildman–Crippen MR) is 109 cm³/mol. The lowest BCUT2D eigenvalue weighted by molar-refractivity contribution is 0.00684. The van der Waals surface area contributed by atoms with Gasteiger partial charge in [-0.15, -0.1) is 0 Å². The Morgan fingerprint density at radius 2 is 1.87 bits per heavy atom. The first-order valence-electron chi connectivity index (χ1n) is 9.38. The van der Waals surface area contributed by atoms with Crippen molar-refractivity contribution in [2.45, 2.75) is 39.8 Å². The summed E-state index contributed by atoms with van der Waals surface area (Å²) in [5.74, 6) is -2.86. The fourth-order valence-corrected chi connectivity index (χ4v) is 2.91. The van der Waals surface area contributed by atoms with Gasteiger partial charge in [-0.3, -0.25) is 9.20 Å². The summed E-state index contributed by atoms with van der Waals surface area (Å²) in [6.07, 6.45) is 1.10. The van der Waals surface area contributed by atoms with Crippen molar-refractivity contribution in [3.63, 3.8) is 0 Å². The normalized spacial score (nSPS) is 11.4. The van der Waals surface area contributed by atoms with Gasteiger partial charge in [0, 0.05) is 12.6 Å². The summed E-state index contributed by atoms with van der Waals surface area (Å²) >= 11 is 0. The summed E-state index contributed by atoms with van der Waals surface area (Å²) < 4.78 is 6.45. The smallest absolute Gasteiger partial charge is 0.353 e. The molecule has 0 saturated carbocycles. The lowest BCUT2D eigenvalue weighted by atomic mass is 10.0. The average molecular weight is 426 g/mol. The molecule has 0 radical (unpaired) electrons. The summed E-state index contributed by atoms with van der Waals surface area (Å²) in [6, 6.07) is 6.18. The lowest BCUT2D eigenvalue weighted by Crippen LogP contribution is -2.25. The number of aromatic carboxylic acids is 1. The quantitative estimate of drug-likeness (QED) is 0.528. The van der Waals surface area contributed by atoms with Crippen molar-refractivity contribution in [3.05, 3.63) is 58.5 Å². The van der Waals surface area contributed by atoms with Crippen LogP contribution in [0.5, 0.6) is 5.88 Å². The van der Waals surface area contributed by atoms with Crippen LogP contribution in [0.1, 0.15) is 63.2 Å². The molecule has 10 nitrogen and oxygen atoms in total. The maximum absolute atomic E-state index is 12.5. The predicted octanol–water partition coefficient (Wildman–Crippen LogP) is 2.33. The molecule has 3 N–H and O–H groups in total. The molecule has 2 heterocycles. The maximum atomic E-state index is 12.5. The largest absolute Gasteiger partial charge is 0.492 e. The van der Waals surface area contributed by atoms with E-state index >= 15 is 0 Å². The first-order chi connectivity index (χ1) is 14.4. The molecule has 10 heteroatoms. The minimum Gasteiger partial charge on any atom is -0.492 e. The summed E-state index contributed by atoms with van der Waals surface area (Å²) in [7, 11) is 0. The highest BCUT2D eigenvalue weighted by Crippen LogP contribution is 2.17. The number of fused-ring (bicyclic) bond motifs is 1. The standard InChI is InChI=1S/C21H22N4O6/c1-11-7-12(5-6-13(11)19(30)31-21(2,3)4)9-22-17(27)14-8-15(18(28)29)25-10-16(26)24-20(25)23-14/h5-8,10,26H,9H2,1-4H3,(H,22,27)(H,28,29). The fourth-order valence-electron chi connectivity index (χ4n) is 2.91. The number of aromatic hydroxyl groups is 1. The van der Waals surface area contributed by atoms with Gasteiger partial charge in [0.1, 0.15) is 17.0 Å². The van der Waals surface area contributed by atoms with Gasteiger partial charge in [-0.25, -0.2) is 14.6 Å². The molecule has 162 valence electrons. The van der Waals surface area contributed by atoms with E-state index in [1.54, 1.807) is 45.9 Å². The number of aryl methyl sites for hydroxylation is 1. The third kappa shape index (κ3) is 4.97. The minimum absolute atomic E-state index is 0.111. The second-order valence-electron chi connectivity index (χ2n) is 7.93. The number of carbonyl (C=O) groups is 3. The second kappa shape index (κ2) is 8.05. The number of imidazole rings is 1. The van der Waals surface area contributed by atoms with Crippen molar-refractivity contribution in [3.8, 4) is 5.88 Å². The molecule has 0 atom stereocenters. The number of aromatic nitrogens is 3. The van der Waals surface area contributed by atoms with E-state index in [0.717, 1.165) is 22.2 Å². The topological polar surface area (TPSA) is 143 Å². The molecule has 0 unspecified atom stereocenters. The Kier molecular flexibility index (Phi) is 5.65. The molecule has 31 heavy (non-hydrogen) atoms. The average Bonchev–Trinajstić information content (AvgIpc) is 3.03. The van der Waals surface area contributed by atoms with Crippen molar-refractivity contribution in [2.75, 3.05) is 0 Å². The van der Waals surface area contributed by atoms with Gasteiger partial charge in [0.25, 0.3) is 5.91 Å². The Hall–Kier alpha value is -3.95. The van der Waals surface area contributed by atoms with E-state index in [1.807, 2.05) is 0 Å². The molecule has 1 aromatic carbocycles. The molecular formula is C21H22N4O6. The van der Waals surface area contributed by atoms with Crippen LogP contribution in [0.2, 0.25) is 0 Å². The molecule has 2 aromatic heterocycles. The lowest BCUT2D eigenvalue weighted by Gasteiger charge is -2.20. The summed E-state index contributed by atoms with van der Waals surface area (Å²) in [5, 5.41) is 21.5. The number of nitrogens with one attached hydrogen (secondary N) is 1. The number of esters is 1.